The van der Waals surface area contributed by atoms with Crippen molar-refractivity contribution in [1.82, 2.24) is 9.88 Å². The van der Waals surface area contributed by atoms with Crippen molar-refractivity contribution in [2.45, 2.75) is 4.90 Å². The van der Waals surface area contributed by atoms with E-state index in [9.17, 15) is 17.6 Å². The number of rotatable bonds is 2. The highest BCUT2D eigenvalue weighted by Gasteiger charge is 2.15. The monoisotopic (exact) mass is 288 g/mol. The SMILES string of the molecule is CN(C)C=O.O=S(=O)(O)c1c[nH]c2ccc(F)cc12. The Kier molecular flexibility index (Phi) is 4.62. The average molecular weight is 288 g/mol. The topological polar surface area (TPSA) is 90.5 Å². The molecule has 1 amide bonds. The minimum atomic E-state index is -4.30. The molecule has 0 saturated heterocycles. The first-order valence-corrected chi connectivity index (χ1v) is 6.55. The second-order valence-corrected chi connectivity index (χ2v) is 5.28. The fraction of sp³-hybridized carbons (Fsp3) is 0.182. The van der Waals surface area contributed by atoms with Crippen LogP contribution in [0.3, 0.4) is 0 Å². The fourth-order valence-corrected chi connectivity index (χ4v) is 1.94. The maximum atomic E-state index is 12.8. The molecule has 2 N–H and O–H groups in total. The molecule has 0 spiro atoms. The molecule has 2 aromatic rings. The molecular weight excluding hydrogens is 275 g/mol. The standard InChI is InChI=1S/C8H6FNO3S.C3H7NO/c9-5-1-2-7-6(3-5)8(4-10-7)14(11,12)13;1-4(2)3-5/h1-4,10H,(H,11,12,13);3H,1-2H3. The zero-order chi connectivity index (χ0) is 14.6. The minimum Gasteiger partial charge on any atom is -0.360 e. The molecule has 2 rings (SSSR count). The Bertz CT molecular complexity index is 679. The van der Waals surface area contributed by atoms with Crippen molar-refractivity contribution in [3.8, 4) is 0 Å². The number of carbonyl (C=O) groups excluding carboxylic acids is 1. The van der Waals surface area contributed by atoms with E-state index in [4.69, 9.17) is 4.55 Å². The third kappa shape index (κ3) is 4.04. The largest absolute Gasteiger partial charge is 0.360 e. The van der Waals surface area contributed by atoms with Crippen molar-refractivity contribution in [2.75, 3.05) is 14.1 Å². The first-order valence-electron chi connectivity index (χ1n) is 5.11. The molecule has 0 saturated carbocycles. The number of fused-ring (bicyclic) bond motifs is 1. The molecule has 1 aromatic heterocycles. The highest BCUT2D eigenvalue weighted by atomic mass is 32.2. The maximum absolute atomic E-state index is 12.8. The first kappa shape index (κ1) is 15.1. The summed E-state index contributed by atoms with van der Waals surface area (Å²) in [4.78, 5) is 13.2. The molecule has 19 heavy (non-hydrogen) atoms. The summed E-state index contributed by atoms with van der Waals surface area (Å²) in [6, 6.07) is 3.65. The van der Waals surface area contributed by atoms with E-state index >= 15 is 0 Å². The van der Waals surface area contributed by atoms with Gasteiger partial charge in [0.05, 0.1) is 0 Å². The van der Waals surface area contributed by atoms with Crippen molar-refractivity contribution in [2.24, 2.45) is 0 Å². The van der Waals surface area contributed by atoms with E-state index in [2.05, 4.69) is 4.98 Å². The lowest BCUT2D eigenvalue weighted by molar-refractivity contribution is -0.115. The lowest BCUT2D eigenvalue weighted by Crippen LogP contribution is -2.06. The molecule has 8 heteroatoms. The van der Waals surface area contributed by atoms with Gasteiger partial charge in [0.15, 0.2) is 0 Å². The molecule has 0 unspecified atom stereocenters. The predicted molar refractivity (Wildman–Crippen MR) is 67.8 cm³/mol. The summed E-state index contributed by atoms with van der Waals surface area (Å²) in [6.07, 6.45) is 1.87. The molecule has 104 valence electrons. The Morgan fingerprint density at radius 1 is 1.37 bits per heavy atom. The number of aromatic amines is 1. The number of nitrogens with zero attached hydrogens (tertiary/aromatic N) is 1. The van der Waals surface area contributed by atoms with Gasteiger partial charge in [0.2, 0.25) is 6.41 Å². The maximum Gasteiger partial charge on any atom is 0.296 e. The molecule has 0 fully saturated rings. The molecular formula is C11H13FN2O4S. The van der Waals surface area contributed by atoms with E-state index in [1.165, 1.54) is 17.0 Å². The van der Waals surface area contributed by atoms with Gasteiger partial charge in [-0.3, -0.25) is 9.35 Å². The minimum absolute atomic E-state index is 0.146. The third-order valence-corrected chi connectivity index (χ3v) is 2.99. The van der Waals surface area contributed by atoms with Crippen LogP contribution in [0.4, 0.5) is 4.39 Å². The van der Waals surface area contributed by atoms with Crippen LogP contribution in [0, 0.1) is 5.82 Å². The number of carbonyl (C=O) groups is 1. The predicted octanol–water partition coefficient (Wildman–Crippen LogP) is 1.26. The summed E-state index contributed by atoms with van der Waals surface area (Å²) >= 11 is 0. The van der Waals surface area contributed by atoms with Crippen molar-refractivity contribution < 1.29 is 22.2 Å². The van der Waals surface area contributed by atoms with Crippen LogP contribution in [0.1, 0.15) is 0 Å². The Morgan fingerprint density at radius 3 is 2.42 bits per heavy atom. The molecule has 0 aliphatic heterocycles. The number of amides is 1. The molecule has 0 atom stereocenters. The molecule has 0 radical (unpaired) electrons. The number of hydrogen-bond acceptors (Lipinski definition) is 3. The van der Waals surface area contributed by atoms with Gasteiger partial charge in [0.25, 0.3) is 10.1 Å². The van der Waals surface area contributed by atoms with Crippen LogP contribution in [0.15, 0.2) is 29.3 Å². The van der Waals surface area contributed by atoms with Crippen LogP contribution in [0.5, 0.6) is 0 Å². The quantitative estimate of drug-likeness (QED) is 0.643. The van der Waals surface area contributed by atoms with Gasteiger partial charge in [-0.15, -0.1) is 0 Å². The van der Waals surface area contributed by atoms with Crippen LogP contribution >= 0.6 is 0 Å². The van der Waals surface area contributed by atoms with E-state index in [1.54, 1.807) is 14.1 Å². The zero-order valence-electron chi connectivity index (χ0n) is 10.3. The van der Waals surface area contributed by atoms with E-state index in [1.807, 2.05) is 0 Å². The van der Waals surface area contributed by atoms with Crippen molar-refractivity contribution in [3.63, 3.8) is 0 Å². The Morgan fingerprint density at radius 2 is 1.95 bits per heavy atom. The molecule has 0 aliphatic rings. The summed E-state index contributed by atoms with van der Waals surface area (Å²) in [5.74, 6) is -0.554. The van der Waals surface area contributed by atoms with E-state index in [0.29, 0.717) is 5.52 Å². The van der Waals surface area contributed by atoms with E-state index in [0.717, 1.165) is 18.7 Å². The van der Waals surface area contributed by atoms with Gasteiger partial charge in [-0.2, -0.15) is 8.42 Å². The lowest BCUT2D eigenvalue weighted by atomic mass is 10.2. The number of benzene rings is 1. The number of nitrogens with one attached hydrogen (secondary N) is 1. The van der Waals surface area contributed by atoms with Crippen LogP contribution in [-0.2, 0) is 14.9 Å². The highest BCUT2D eigenvalue weighted by molar-refractivity contribution is 7.86. The smallest absolute Gasteiger partial charge is 0.296 e. The number of halogens is 1. The third-order valence-electron chi connectivity index (χ3n) is 2.09. The van der Waals surface area contributed by atoms with Crippen molar-refractivity contribution >= 4 is 27.4 Å². The van der Waals surface area contributed by atoms with Gasteiger partial charge in [0, 0.05) is 31.2 Å². The summed E-state index contributed by atoms with van der Waals surface area (Å²) < 4.78 is 43.3. The number of H-pyrrole nitrogens is 1. The summed E-state index contributed by atoms with van der Waals surface area (Å²) in [7, 11) is -0.926. The van der Waals surface area contributed by atoms with Gasteiger partial charge in [-0.1, -0.05) is 0 Å². The highest BCUT2D eigenvalue weighted by Crippen LogP contribution is 2.22. The summed E-state index contributed by atoms with van der Waals surface area (Å²) in [5, 5.41) is 0.146. The van der Waals surface area contributed by atoms with Crippen molar-refractivity contribution in [1.29, 1.82) is 0 Å². The van der Waals surface area contributed by atoms with Crippen LogP contribution in [0.2, 0.25) is 0 Å². The van der Waals surface area contributed by atoms with Gasteiger partial charge in [-0.25, -0.2) is 4.39 Å². The first-order chi connectivity index (χ1) is 8.75. The Labute approximate surface area is 109 Å². The Hall–Kier alpha value is -1.93. The molecule has 0 bridgehead atoms. The fourth-order valence-electron chi connectivity index (χ4n) is 1.28. The lowest BCUT2D eigenvalue weighted by Gasteiger charge is -1.93. The van der Waals surface area contributed by atoms with Crippen LogP contribution < -0.4 is 0 Å². The average Bonchev–Trinajstić information content (AvgIpc) is 2.72. The second-order valence-electron chi connectivity index (χ2n) is 3.89. The van der Waals surface area contributed by atoms with E-state index in [-0.39, 0.29) is 10.3 Å². The van der Waals surface area contributed by atoms with Crippen LogP contribution in [-0.4, -0.2) is 43.4 Å². The van der Waals surface area contributed by atoms with Gasteiger partial charge in [-0.05, 0) is 18.2 Å². The van der Waals surface area contributed by atoms with Gasteiger partial charge in [0.1, 0.15) is 10.7 Å². The number of hydrogen-bond donors (Lipinski definition) is 2. The van der Waals surface area contributed by atoms with Gasteiger partial charge >= 0.3 is 0 Å². The van der Waals surface area contributed by atoms with Crippen LogP contribution in [0.25, 0.3) is 10.9 Å². The Balaban J connectivity index is 0.000000312. The van der Waals surface area contributed by atoms with Crippen molar-refractivity contribution in [3.05, 3.63) is 30.2 Å². The molecule has 6 nitrogen and oxygen atoms in total. The van der Waals surface area contributed by atoms with Gasteiger partial charge < -0.3 is 9.88 Å². The summed E-state index contributed by atoms with van der Waals surface area (Å²) in [5.41, 5.74) is 0.457. The summed E-state index contributed by atoms with van der Waals surface area (Å²) in [6.45, 7) is 0. The second kappa shape index (κ2) is 5.81. The normalized spacial score (nSPS) is 10.7. The molecule has 1 aromatic carbocycles. The van der Waals surface area contributed by atoms with E-state index < -0.39 is 15.9 Å². The molecule has 1 heterocycles. The molecule has 0 aliphatic carbocycles. The number of aromatic nitrogens is 1. The zero-order valence-corrected chi connectivity index (χ0v) is 11.1.